The van der Waals surface area contributed by atoms with Gasteiger partial charge in [-0.15, -0.1) is 0 Å². The van der Waals surface area contributed by atoms with Crippen molar-refractivity contribution in [3.05, 3.63) is 23.8 Å². The minimum absolute atomic E-state index is 0.347. The molecule has 0 fully saturated rings. The van der Waals surface area contributed by atoms with Gasteiger partial charge in [-0.05, 0) is 29.9 Å². The van der Waals surface area contributed by atoms with E-state index >= 15 is 0 Å². The van der Waals surface area contributed by atoms with Crippen molar-refractivity contribution in [1.82, 2.24) is 0 Å². The first-order chi connectivity index (χ1) is 7.31. The van der Waals surface area contributed by atoms with Gasteiger partial charge in [-0.3, -0.25) is 0 Å². The number of fused-ring (bicyclic) bond motifs is 1. The fourth-order valence-electron chi connectivity index (χ4n) is 1.23. The molecule has 0 radical (unpaired) electrons. The van der Waals surface area contributed by atoms with Gasteiger partial charge in [-0.2, -0.15) is 17.9 Å². The van der Waals surface area contributed by atoms with Crippen LogP contribution in [-0.2, 0) is 6.42 Å². The van der Waals surface area contributed by atoms with Gasteiger partial charge in [-0.25, -0.2) is 0 Å². The van der Waals surface area contributed by atoms with Crippen LogP contribution in [-0.4, -0.2) is 12.5 Å². The Morgan fingerprint density at radius 3 is 2.73 bits per heavy atom. The Morgan fingerprint density at radius 1 is 1.40 bits per heavy atom. The lowest BCUT2D eigenvalue weighted by Crippen LogP contribution is -1.93. The lowest BCUT2D eigenvalue weighted by atomic mass is 10.1. The molecule has 0 atom stereocenters. The molecule has 80 valence electrons. The van der Waals surface area contributed by atoms with E-state index in [0.717, 1.165) is 23.7 Å². The Kier molecular flexibility index (Phi) is 4.85. The molecule has 0 unspecified atom stereocenters. The van der Waals surface area contributed by atoms with E-state index in [1.54, 1.807) is 6.07 Å². The van der Waals surface area contributed by atoms with Crippen LogP contribution in [0.25, 0.3) is 0 Å². The monoisotopic (exact) mass is 223 g/mol. The molecule has 2 rings (SSSR count). The normalized spacial score (nSPS) is 11.3. The van der Waals surface area contributed by atoms with Gasteiger partial charge in [0.05, 0.1) is 6.07 Å². The van der Waals surface area contributed by atoms with Gasteiger partial charge >= 0.3 is 0 Å². The number of benzene rings is 1. The van der Waals surface area contributed by atoms with E-state index in [1.165, 1.54) is 12.5 Å². The summed E-state index contributed by atoms with van der Waals surface area (Å²) in [6.45, 7) is 1.78. The van der Waals surface area contributed by atoms with Gasteiger partial charge in [0.1, 0.15) is 0 Å². The highest BCUT2D eigenvalue weighted by Crippen LogP contribution is 2.32. The van der Waals surface area contributed by atoms with E-state index in [1.807, 2.05) is 18.2 Å². The Hall–Kier alpha value is -1.34. The molecule has 1 aliphatic rings. The fraction of sp³-hybridized carbons (Fsp3) is 0.364. The van der Waals surface area contributed by atoms with E-state index < -0.39 is 0 Å². The number of nitrogens with zero attached hydrogens (tertiary/aromatic N) is 1. The molecule has 0 saturated heterocycles. The second-order valence-electron chi connectivity index (χ2n) is 2.88. The van der Waals surface area contributed by atoms with E-state index in [0.29, 0.717) is 6.79 Å². The number of ether oxygens (including phenoxy) is 2. The largest absolute Gasteiger partial charge is 0.454 e. The molecular weight excluding hydrogens is 210 g/mol. The summed E-state index contributed by atoms with van der Waals surface area (Å²) in [4.78, 5) is 0. The van der Waals surface area contributed by atoms with E-state index in [9.17, 15) is 0 Å². The van der Waals surface area contributed by atoms with Crippen molar-refractivity contribution >= 4 is 12.6 Å². The minimum atomic E-state index is 0.347. The van der Waals surface area contributed by atoms with Crippen molar-refractivity contribution in [2.24, 2.45) is 0 Å². The molecule has 1 aromatic rings. The number of rotatable bonds is 2. The molecular formula is C11H13NO2S. The van der Waals surface area contributed by atoms with E-state index in [2.05, 4.69) is 12.6 Å². The van der Waals surface area contributed by atoms with Crippen molar-refractivity contribution in [3.63, 3.8) is 0 Å². The van der Waals surface area contributed by atoms with Crippen LogP contribution >= 0.6 is 12.6 Å². The van der Waals surface area contributed by atoms with Gasteiger partial charge < -0.3 is 9.47 Å². The first kappa shape index (κ1) is 11.7. The first-order valence-electron chi connectivity index (χ1n) is 4.62. The maximum atomic E-state index is 7.32. The summed E-state index contributed by atoms with van der Waals surface area (Å²) >= 11 is 4.16. The van der Waals surface area contributed by atoms with Crippen LogP contribution in [0.3, 0.4) is 0 Å². The molecule has 0 aromatic heterocycles. The van der Waals surface area contributed by atoms with Crippen LogP contribution in [0.4, 0.5) is 0 Å². The maximum Gasteiger partial charge on any atom is 0.231 e. The Labute approximate surface area is 95.0 Å². The zero-order valence-corrected chi connectivity index (χ0v) is 9.46. The molecule has 3 nitrogen and oxygen atoms in total. The van der Waals surface area contributed by atoms with Crippen molar-refractivity contribution in [2.75, 3.05) is 12.5 Å². The highest BCUT2D eigenvalue weighted by Gasteiger charge is 2.12. The number of nitriles is 1. The Balaban J connectivity index is 0.000000337. The van der Waals surface area contributed by atoms with E-state index in [4.69, 9.17) is 14.7 Å². The van der Waals surface area contributed by atoms with Crippen LogP contribution in [0.5, 0.6) is 11.5 Å². The molecule has 0 spiro atoms. The SMILES string of the molecule is CC#N.SCCc1ccc2c(c1)OCO2. The summed E-state index contributed by atoms with van der Waals surface area (Å²) in [5.41, 5.74) is 1.24. The summed E-state index contributed by atoms with van der Waals surface area (Å²) in [5.74, 6) is 2.56. The molecule has 15 heavy (non-hydrogen) atoms. The Bertz CT molecular complexity index is 360. The van der Waals surface area contributed by atoms with E-state index in [-0.39, 0.29) is 0 Å². The second kappa shape index (κ2) is 6.20. The molecule has 0 bridgehead atoms. The average molecular weight is 223 g/mol. The third-order valence-corrected chi connectivity index (χ3v) is 2.06. The number of hydrogen-bond acceptors (Lipinski definition) is 4. The average Bonchev–Trinajstić information content (AvgIpc) is 2.66. The molecule has 1 heterocycles. The zero-order valence-electron chi connectivity index (χ0n) is 8.56. The smallest absolute Gasteiger partial charge is 0.231 e. The van der Waals surface area contributed by atoms with Crippen molar-refractivity contribution in [2.45, 2.75) is 13.3 Å². The molecule has 0 N–H and O–H groups in total. The third-order valence-electron chi connectivity index (χ3n) is 1.84. The number of hydrogen-bond donors (Lipinski definition) is 1. The predicted molar refractivity (Wildman–Crippen MR) is 61.4 cm³/mol. The Morgan fingerprint density at radius 2 is 2.07 bits per heavy atom. The standard InChI is InChI=1S/C9H10O2S.C2H3N/c12-4-3-7-1-2-8-9(5-7)11-6-10-8;1-2-3/h1-2,5,12H,3-4,6H2;1H3. The van der Waals surface area contributed by atoms with Crippen molar-refractivity contribution in [3.8, 4) is 17.6 Å². The lowest BCUT2D eigenvalue weighted by Gasteiger charge is -1.99. The summed E-state index contributed by atoms with van der Waals surface area (Å²) in [5, 5.41) is 7.32. The lowest BCUT2D eigenvalue weighted by molar-refractivity contribution is 0.174. The quantitative estimate of drug-likeness (QED) is 0.783. The third kappa shape index (κ3) is 3.37. The molecule has 0 aliphatic carbocycles. The maximum absolute atomic E-state index is 7.32. The summed E-state index contributed by atoms with van der Waals surface area (Å²) < 4.78 is 10.4. The fourth-order valence-corrected chi connectivity index (χ4v) is 1.48. The van der Waals surface area contributed by atoms with Gasteiger partial charge in [0.15, 0.2) is 11.5 Å². The van der Waals surface area contributed by atoms with Crippen LogP contribution in [0.15, 0.2) is 18.2 Å². The van der Waals surface area contributed by atoms with Gasteiger partial charge in [0.25, 0.3) is 0 Å². The zero-order chi connectivity index (χ0) is 11.1. The second-order valence-corrected chi connectivity index (χ2v) is 3.33. The molecule has 0 saturated carbocycles. The molecule has 4 heteroatoms. The molecule has 1 aliphatic heterocycles. The van der Waals surface area contributed by atoms with Crippen molar-refractivity contribution in [1.29, 1.82) is 5.26 Å². The molecule has 1 aromatic carbocycles. The van der Waals surface area contributed by atoms with Crippen LogP contribution in [0.1, 0.15) is 12.5 Å². The van der Waals surface area contributed by atoms with Crippen LogP contribution < -0.4 is 9.47 Å². The van der Waals surface area contributed by atoms with Gasteiger partial charge in [0, 0.05) is 6.92 Å². The minimum Gasteiger partial charge on any atom is -0.454 e. The highest BCUT2D eigenvalue weighted by atomic mass is 32.1. The summed E-state index contributed by atoms with van der Waals surface area (Å²) in [6.07, 6.45) is 0.972. The summed E-state index contributed by atoms with van der Waals surface area (Å²) in [7, 11) is 0. The highest BCUT2D eigenvalue weighted by molar-refractivity contribution is 7.80. The topological polar surface area (TPSA) is 42.2 Å². The summed E-state index contributed by atoms with van der Waals surface area (Å²) in [6, 6.07) is 7.75. The number of aryl methyl sites for hydroxylation is 1. The van der Waals surface area contributed by atoms with Gasteiger partial charge in [-0.1, -0.05) is 6.07 Å². The van der Waals surface area contributed by atoms with Crippen LogP contribution in [0.2, 0.25) is 0 Å². The van der Waals surface area contributed by atoms with Gasteiger partial charge in [0.2, 0.25) is 6.79 Å². The van der Waals surface area contributed by atoms with Crippen molar-refractivity contribution < 1.29 is 9.47 Å². The molecule has 0 amide bonds. The predicted octanol–water partition coefficient (Wildman–Crippen LogP) is 2.42. The van der Waals surface area contributed by atoms with Crippen LogP contribution in [0, 0.1) is 11.3 Å². The number of thiol groups is 1. The first-order valence-corrected chi connectivity index (χ1v) is 5.25.